The molecule has 1 saturated heterocycles. The van der Waals surface area contributed by atoms with Crippen molar-refractivity contribution in [2.75, 3.05) is 44.2 Å². The summed E-state index contributed by atoms with van der Waals surface area (Å²) in [5.74, 6) is 0.734. The van der Waals surface area contributed by atoms with Gasteiger partial charge in [0, 0.05) is 31.1 Å². The highest BCUT2D eigenvalue weighted by molar-refractivity contribution is 7.99. The Labute approximate surface area is 131 Å². The first kappa shape index (κ1) is 18.1. The van der Waals surface area contributed by atoms with Crippen LogP contribution in [0.25, 0.3) is 0 Å². The lowest BCUT2D eigenvalue weighted by atomic mass is 10.2. The fourth-order valence-corrected chi connectivity index (χ4v) is 3.52. The van der Waals surface area contributed by atoms with Crippen molar-refractivity contribution in [3.05, 3.63) is 0 Å². The second-order valence-corrected chi connectivity index (χ2v) is 6.34. The van der Waals surface area contributed by atoms with E-state index in [-0.39, 0.29) is 18.5 Å². The predicted molar refractivity (Wildman–Crippen MR) is 85.9 cm³/mol. The van der Waals surface area contributed by atoms with Gasteiger partial charge >= 0.3 is 12.0 Å². The number of hydrogen-bond acceptors (Lipinski definition) is 4. The van der Waals surface area contributed by atoms with Crippen LogP contribution in [0.5, 0.6) is 0 Å². The van der Waals surface area contributed by atoms with Crippen LogP contribution < -0.4 is 5.32 Å². The number of aliphatic carboxylic acids is 1. The van der Waals surface area contributed by atoms with Crippen molar-refractivity contribution in [2.45, 2.75) is 32.7 Å². The minimum Gasteiger partial charge on any atom is -0.481 e. The molecule has 21 heavy (non-hydrogen) atoms. The van der Waals surface area contributed by atoms with E-state index in [4.69, 9.17) is 5.11 Å². The number of nitrogens with one attached hydrogen (secondary N) is 1. The average molecular weight is 317 g/mol. The number of nitrogens with zero attached hydrogens (tertiary/aromatic N) is 2. The summed E-state index contributed by atoms with van der Waals surface area (Å²) < 4.78 is 0. The first-order chi connectivity index (χ1) is 10.1. The highest BCUT2D eigenvalue weighted by Gasteiger charge is 2.28. The largest absolute Gasteiger partial charge is 0.481 e. The van der Waals surface area contributed by atoms with Gasteiger partial charge in [-0.2, -0.15) is 11.8 Å². The van der Waals surface area contributed by atoms with Crippen LogP contribution in [0.1, 0.15) is 26.7 Å². The first-order valence-electron chi connectivity index (χ1n) is 7.64. The standard InChI is InChI=1S/C14H27N3O3S/c1-3-6-16(4-2)7-5-15-14(20)17-8-9-21-11-12(17)10-13(18)19/h12H,3-11H2,1-2H3,(H,15,20)(H,18,19). The smallest absolute Gasteiger partial charge is 0.317 e. The van der Waals surface area contributed by atoms with E-state index in [1.807, 2.05) is 0 Å². The third-order valence-electron chi connectivity index (χ3n) is 3.59. The quantitative estimate of drug-likeness (QED) is 0.706. The summed E-state index contributed by atoms with van der Waals surface area (Å²) in [4.78, 5) is 27.1. The summed E-state index contributed by atoms with van der Waals surface area (Å²) >= 11 is 1.71. The molecular weight excluding hydrogens is 290 g/mol. The fraction of sp³-hybridized carbons (Fsp3) is 0.857. The molecule has 2 amide bonds. The normalized spacial score (nSPS) is 18.8. The summed E-state index contributed by atoms with van der Waals surface area (Å²) in [5, 5.41) is 11.9. The predicted octanol–water partition coefficient (Wildman–Crippen LogP) is 1.32. The average Bonchev–Trinajstić information content (AvgIpc) is 2.46. The van der Waals surface area contributed by atoms with Gasteiger partial charge in [-0.05, 0) is 19.5 Å². The molecule has 0 spiro atoms. The minimum atomic E-state index is -0.847. The van der Waals surface area contributed by atoms with Crippen molar-refractivity contribution in [2.24, 2.45) is 0 Å². The van der Waals surface area contributed by atoms with Crippen LogP contribution in [0.15, 0.2) is 0 Å². The monoisotopic (exact) mass is 317 g/mol. The second-order valence-electron chi connectivity index (χ2n) is 5.19. The Kier molecular flexibility index (Phi) is 8.52. The molecule has 0 aliphatic carbocycles. The molecule has 7 heteroatoms. The Morgan fingerprint density at radius 3 is 2.76 bits per heavy atom. The molecule has 2 N–H and O–H groups in total. The zero-order valence-electron chi connectivity index (χ0n) is 13.0. The number of carbonyl (C=O) groups is 2. The van der Waals surface area contributed by atoms with Gasteiger partial charge in [0.15, 0.2) is 0 Å². The number of amides is 2. The van der Waals surface area contributed by atoms with E-state index in [0.717, 1.165) is 31.8 Å². The van der Waals surface area contributed by atoms with Gasteiger partial charge in [0.05, 0.1) is 12.5 Å². The molecule has 1 aliphatic heterocycles. The number of thioether (sulfide) groups is 1. The second kappa shape index (κ2) is 9.89. The van der Waals surface area contributed by atoms with Crippen LogP contribution in [0.2, 0.25) is 0 Å². The van der Waals surface area contributed by atoms with Crippen LogP contribution >= 0.6 is 11.8 Å². The molecule has 0 saturated carbocycles. The van der Waals surface area contributed by atoms with Crippen LogP contribution in [0.4, 0.5) is 4.79 Å². The van der Waals surface area contributed by atoms with Crippen molar-refractivity contribution in [3.63, 3.8) is 0 Å². The molecule has 6 nitrogen and oxygen atoms in total. The molecule has 0 aromatic carbocycles. The first-order valence-corrected chi connectivity index (χ1v) is 8.80. The maximum Gasteiger partial charge on any atom is 0.317 e. The summed E-state index contributed by atoms with van der Waals surface area (Å²) in [6.07, 6.45) is 1.13. The molecule has 0 bridgehead atoms. The van der Waals surface area contributed by atoms with Crippen molar-refractivity contribution in [1.82, 2.24) is 15.1 Å². The van der Waals surface area contributed by atoms with E-state index in [2.05, 4.69) is 24.1 Å². The summed E-state index contributed by atoms with van der Waals surface area (Å²) in [5.41, 5.74) is 0. The Morgan fingerprint density at radius 1 is 1.38 bits per heavy atom. The van der Waals surface area contributed by atoms with E-state index in [1.165, 1.54) is 0 Å². The van der Waals surface area contributed by atoms with Gasteiger partial charge in [-0.3, -0.25) is 4.79 Å². The van der Waals surface area contributed by atoms with Gasteiger partial charge in [0.2, 0.25) is 0 Å². The van der Waals surface area contributed by atoms with Gasteiger partial charge in [-0.15, -0.1) is 0 Å². The van der Waals surface area contributed by atoms with Gasteiger partial charge in [0.1, 0.15) is 0 Å². The fourth-order valence-electron chi connectivity index (χ4n) is 2.46. The molecule has 1 heterocycles. The molecule has 1 aliphatic rings. The number of rotatable bonds is 8. The van der Waals surface area contributed by atoms with Gasteiger partial charge in [-0.25, -0.2) is 4.79 Å². The zero-order valence-corrected chi connectivity index (χ0v) is 13.8. The van der Waals surface area contributed by atoms with E-state index in [0.29, 0.717) is 18.8 Å². The summed E-state index contributed by atoms with van der Waals surface area (Å²) in [6, 6.07) is -0.326. The van der Waals surface area contributed by atoms with E-state index in [9.17, 15) is 9.59 Å². The SMILES string of the molecule is CCCN(CC)CCNC(=O)N1CCSCC1CC(=O)O. The number of likely N-dealkylation sites (N-methyl/N-ethyl adjacent to an activating group) is 1. The highest BCUT2D eigenvalue weighted by atomic mass is 32.2. The third kappa shape index (κ3) is 6.56. The molecule has 1 fully saturated rings. The Balaban J connectivity index is 2.39. The molecule has 1 rings (SSSR count). The number of carbonyl (C=O) groups excluding carboxylic acids is 1. The number of carboxylic acids is 1. The molecule has 1 atom stereocenters. The maximum absolute atomic E-state index is 12.2. The van der Waals surface area contributed by atoms with E-state index in [1.54, 1.807) is 16.7 Å². The Morgan fingerprint density at radius 2 is 2.14 bits per heavy atom. The zero-order chi connectivity index (χ0) is 15.7. The van der Waals surface area contributed by atoms with E-state index >= 15 is 0 Å². The van der Waals surface area contributed by atoms with Crippen molar-refractivity contribution in [1.29, 1.82) is 0 Å². The van der Waals surface area contributed by atoms with Crippen LogP contribution in [0.3, 0.4) is 0 Å². The lowest BCUT2D eigenvalue weighted by Crippen LogP contribution is -2.52. The van der Waals surface area contributed by atoms with Gasteiger partial charge in [0.25, 0.3) is 0 Å². The lowest BCUT2D eigenvalue weighted by molar-refractivity contribution is -0.137. The van der Waals surface area contributed by atoms with Crippen LogP contribution in [-0.4, -0.2) is 77.2 Å². The molecule has 0 aromatic heterocycles. The van der Waals surface area contributed by atoms with Crippen molar-refractivity contribution < 1.29 is 14.7 Å². The number of hydrogen-bond donors (Lipinski definition) is 2. The van der Waals surface area contributed by atoms with Crippen molar-refractivity contribution in [3.8, 4) is 0 Å². The summed E-state index contributed by atoms with van der Waals surface area (Å²) in [7, 11) is 0. The van der Waals surface area contributed by atoms with Crippen molar-refractivity contribution >= 4 is 23.8 Å². The molecule has 0 radical (unpaired) electrons. The van der Waals surface area contributed by atoms with Crippen LogP contribution in [-0.2, 0) is 4.79 Å². The highest BCUT2D eigenvalue weighted by Crippen LogP contribution is 2.18. The summed E-state index contributed by atoms with van der Waals surface area (Å²) in [6.45, 7) is 8.34. The maximum atomic E-state index is 12.2. The molecule has 122 valence electrons. The number of carboxylic acid groups (broad SMARTS) is 1. The third-order valence-corrected chi connectivity index (χ3v) is 4.68. The number of urea groups is 1. The lowest BCUT2D eigenvalue weighted by Gasteiger charge is -2.34. The molecular formula is C14H27N3O3S. The van der Waals surface area contributed by atoms with Gasteiger partial charge < -0.3 is 20.2 Å². The molecule has 0 aromatic rings. The Hall–Kier alpha value is -0.950. The topological polar surface area (TPSA) is 72.9 Å². The minimum absolute atomic E-state index is 0.0251. The Bertz CT molecular complexity index is 341. The van der Waals surface area contributed by atoms with Gasteiger partial charge in [-0.1, -0.05) is 13.8 Å². The molecule has 1 unspecified atom stereocenters. The van der Waals surface area contributed by atoms with Crippen LogP contribution in [0, 0.1) is 0 Å². The van der Waals surface area contributed by atoms with E-state index < -0.39 is 5.97 Å².